The number of amides is 2. The zero-order chi connectivity index (χ0) is 21.8. The molecule has 0 spiro atoms. The summed E-state index contributed by atoms with van der Waals surface area (Å²) in [5, 5.41) is 6.46. The number of hydrogen-bond donors (Lipinski definition) is 2. The van der Waals surface area contributed by atoms with E-state index in [2.05, 4.69) is 15.6 Å². The van der Waals surface area contributed by atoms with Crippen molar-refractivity contribution in [2.24, 2.45) is 5.92 Å². The van der Waals surface area contributed by atoms with Gasteiger partial charge >= 0.3 is 0 Å². The summed E-state index contributed by atoms with van der Waals surface area (Å²) in [5.41, 5.74) is 2.33. The van der Waals surface area contributed by atoms with Crippen molar-refractivity contribution in [3.8, 4) is 5.75 Å². The minimum atomic E-state index is -0.325. The molecule has 0 radical (unpaired) electrons. The number of carbonyl (C=O) groups excluding carboxylic acids is 2. The van der Waals surface area contributed by atoms with Crippen LogP contribution in [0.3, 0.4) is 0 Å². The molecule has 160 valence electrons. The Labute approximate surface area is 183 Å². The Kier molecular flexibility index (Phi) is 6.27. The van der Waals surface area contributed by atoms with Crippen molar-refractivity contribution in [3.63, 3.8) is 0 Å². The van der Waals surface area contributed by atoms with Crippen LogP contribution in [0.25, 0.3) is 0 Å². The molecule has 2 aromatic carbocycles. The fourth-order valence-electron chi connectivity index (χ4n) is 2.96. The second kappa shape index (κ2) is 9.26. The molecule has 3 aromatic rings. The number of carbonyl (C=O) groups is 2. The molecule has 2 N–H and O–H groups in total. The van der Waals surface area contributed by atoms with Crippen molar-refractivity contribution < 1.29 is 18.7 Å². The quantitative estimate of drug-likeness (QED) is 0.544. The molecular formula is C23H22FN3O3S. The van der Waals surface area contributed by atoms with Gasteiger partial charge in [0.15, 0.2) is 0 Å². The molecule has 0 unspecified atom stereocenters. The van der Waals surface area contributed by atoms with Crippen LogP contribution in [0.2, 0.25) is 0 Å². The molecule has 2 amide bonds. The van der Waals surface area contributed by atoms with Gasteiger partial charge in [-0.1, -0.05) is 12.1 Å². The maximum Gasteiger partial charge on any atom is 0.263 e. The van der Waals surface area contributed by atoms with Crippen LogP contribution < -0.4 is 15.4 Å². The lowest BCUT2D eigenvalue weighted by Crippen LogP contribution is -2.22. The van der Waals surface area contributed by atoms with Gasteiger partial charge in [0.2, 0.25) is 5.91 Å². The monoisotopic (exact) mass is 439 g/mol. The number of ether oxygens (including phenoxy) is 1. The van der Waals surface area contributed by atoms with E-state index < -0.39 is 0 Å². The van der Waals surface area contributed by atoms with Crippen molar-refractivity contribution >= 4 is 28.8 Å². The first kappa shape index (κ1) is 21.0. The van der Waals surface area contributed by atoms with Crippen molar-refractivity contribution in [1.82, 2.24) is 10.3 Å². The summed E-state index contributed by atoms with van der Waals surface area (Å²) < 4.78 is 18.6. The highest BCUT2D eigenvalue weighted by atomic mass is 32.1. The molecule has 1 aliphatic rings. The van der Waals surface area contributed by atoms with E-state index in [9.17, 15) is 14.0 Å². The molecule has 8 heteroatoms. The van der Waals surface area contributed by atoms with E-state index in [0.29, 0.717) is 27.9 Å². The number of thiazole rings is 1. The van der Waals surface area contributed by atoms with Gasteiger partial charge < -0.3 is 15.4 Å². The maximum atomic E-state index is 13.0. The van der Waals surface area contributed by atoms with E-state index in [1.54, 1.807) is 19.1 Å². The topological polar surface area (TPSA) is 80.3 Å². The number of nitrogens with one attached hydrogen (secondary N) is 2. The number of benzene rings is 2. The SMILES string of the molecule is Cc1nc(COc2ccc(F)cc2)sc1C(=O)NCc1ccc(NC(=O)C2CC2)cc1. The van der Waals surface area contributed by atoms with Gasteiger partial charge in [-0.15, -0.1) is 11.3 Å². The molecule has 1 fully saturated rings. The lowest BCUT2D eigenvalue weighted by molar-refractivity contribution is -0.117. The Morgan fingerprint density at radius 2 is 1.84 bits per heavy atom. The molecule has 1 aromatic heterocycles. The van der Waals surface area contributed by atoms with Gasteiger partial charge in [-0.05, 0) is 61.7 Å². The molecule has 0 atom stereocenters. The van der Waals surface area contributed by atoms with E-state index in [4.69, 9.17) is 4.74 Å². The average molecular weight is 440 g/mol. The fourth-order valence-corrected chi connectivity index (χ4v) is 3.85. The minimum Gasteiger partial charge on any atom is -0.486 e. The third kappa shape index (κ3) is 5.67. The van der Waals surface area contributed by atoms with Gasteiger partial charge in [-0.25, -0.2) is 9.37 Å². The van der Waals surface area contributed by atoms with Crippen LogP contribution in [-0.4, -0.2) is 16.8 Å². The number of aryl methyl sites for hydroxylation is 1. The summed E-state index contributed by atoms with van der Waals surface area (Å²) in [4.78, 5) is 29.3. The molecule has 6 nitrogen and oxygen atoms in total. The predicted octanol–water partition coefficient (Wildman–Crippen LogP) is 4.45. The second-order valence-corrected chi connectivity index (χ2v) is 8.49. The van der Waals surface area contributed by atoms with Crippen LogP contribution in [0.1, 0.15) is 38.8 Å². The van der Waals surface area contributed by atoms with E-state index >= 15 is 0 Å². The number of rotatable bonds is 8. The highest BCUT2D eigenvalue weighted by molar-refractivity contribution is 7.13. The second-order valence-electron chi connectivity index (χ2n) is 7.41. The molecule has 31 heavy (non-hydrogen) atoms. The van der Waals surface area contributed by atoms with E-state index in [0.717, 1.165) is 24.1 Å². The van der Waals surface area contributed by atoms with Crippen LogP contribution in [-0.2, 0) is 17.9 Å². The molecule has 0 aliphatic heterocycles. The molecule has 1 saturated carbocycles. The lowest BCUT2D eigenvalue weighted by atomic mass is 10.2. The van der Waals surface area contributed by atoms with Crippen molar-refractivity contribution in [3.05, 3.63) is 75.5 Å². The minimum absolute atomic E-state index is 0.0703. The zero-order valence-corrected chi connectivity index (χ0v) is 17.8. The first-order valence-corrected chi connectivity index (χ1v) is 10.8. The molecule has 1 heterocycles. The van der Waals surface area contributed by atoms with E-state index in [1.807, 2.05) is 24.3 Å². The maximum absolute atomic E-state index is 13.0. The smallest absolute Gasteiger partial charge is 0.263 e. The number of halogens is 1. The van der Waals surface area contributed by atoms with Crippen molar-refractivity contribution in [2.45, 2.75) is 32.9 Å². The van der Waals surface area contributed by atoms with Gasteiger partial charge in [0.1, 0.15) is 28.1 Å². The van der Waals surface area contributed by atoms with Crippen LogP contribution >= 0.6 is 11.3 Å². The van der Waals surface area contributed by atoms with E-state index in [-0.39, 0.29) is 30.2 Å². The number of hydrogen-bond acceptors (Lipinski definition) is 5. The summed E-state index contributed by atoms with van der Waals surface area (Å²) in [7, 11) is 0. The summed E-state index contributed by atoms with van der Waals surface area (Å²) in [6.07, 6.45) is 1.93. The van der Waals surface area contributed by atoms with Gasteiger partial charge in [0.05, 0.1) is 5.69 Å². The zero-order valence-electron chi connectivity index (χ0n) is 17.0. The third-order valence-corrected chi connectivity index (χ3v) is 5.98. The standard InChI is InChI=1S/C23H22FN3O3S/c1-14-21(31-20(26-14)13-30-19-10-6-17(24)7-11-19)23(29)25-12-15-2-8-18(9-3-15)27-22(28)16-4-5-16/h2-3,6-11,16H,4-5,12-13H2,1H3,(H,25,29)(H,27,28). The van der Waals surface area contributed by atoms with Crippen LogP contribution in [0.4, 0.5) is 10.1 Å². The van der Waals surface area contributed by atoms with E-state index in [1.165, 1.54) is 23.5 Å². The largest absolute Gasteiger partial charge is 0.486 e. The average Bonchev–Trinajstić information content (AvgIpc) is 3.55. The Morgan fingerprint density at radius 1 is 1.13 bits per heavy atom. The molecule has 1 aliphatic carbocycles. The summed E-state index contributed by atoms with van der Waals surface area (Å²) in [6, 6.07) is 13.2. The number of anilines is 1. The first-order chi connectivity index (χ1) is 15.0. The fraction of sp³-hybridized carbons (Fsp3) is 0.261. The molecule has 4 rings (SSSR count). The summed E-state index contributed by atoms with van der Waals surface area (Å²) in [5.74, 6) is 0.244. The van der Waals surface area contributed by atoms with Crippen LogP contribution in [0.5, 0.6) is 5.75 Å². The van der Waals surface area contributed by atoms with Crippen LogP contribution in [0.15, 0.2) is 48.5 Å². The van der Waals surface area contributed by atoms with Gasteiger partial charge in [-0.3, -0.25) is 9.59 Å². The van der Waals surface area contributed by atoms with Crippen molar-refractivity contribution in [1.29, 1.82) is 0 Å². The summed E-state index contributed by atoms with van der Waals surface area (Å²) in [6.45, 7) is 2.36. The normalized spacial score (nSPS) is 13.0. The van der Waals surface area contributed by atoms with Gasteiger partial charge in [0, 0.05) is 18.2 Å². The molecule has 0 saturated heterocycles. The first-order valence-electron chi connectivity index (χ1n) is 10.0. The Bertz CT molecular complexity index is 1080. The van der Waals surface area contributed by atoms with Gasteiger partial charge in [-0.2, -0.15) is 0 Å². The predicted molar refractivity (Wildman–Crippen MR) is 117 cm³/mol. The third-order valence-electron chi connectivity index (χ3n) is 4.85. The lowest BCUT2D eigenvalue weighted by Gasteiger charge is -2.07. The Hall–Kier alpha value is -3.26. The van der Waals surface area contributed by atoms with Crippen molar-refractivity contribution in [2.75, 3.05) is 5.32 Å². The number of nitrogens with zero attached hydrogens (tertiary/aromatic N) is 1. The highest BCUT2D eigenvalue weighted by Crippen LogP contribution is 2.30. The Balaban J connectivity index is 1.29. The van der Waals surface area contributed by atoms with Crippen LogP contribution in [0, 0.1) is 18.7 Å². The highest BCUT2D eigenvalue weighted by Gasteiger charge is 2.29. The Morgan fingerprint density at radius 3 is 2.52 bits per heavy atom. The number of aromatic nitrogens is 1. The molecular weight excluding hydrogens is 417 g/mol. The summed E-state index contributed by atoms with van der Waals surface area (Å²) >= 11 is 1.27. The van der Waals surface area contributed by atoms with Gasteiger partial charge in [0.25, 0.3) is 5.91 Å². The molecule has 0 bridgehead atoms.